The zero-order valence-electron chi connectivity index (χ0n) is 29.6. The van der Waals surface area contributed by atoms with Crippen LogP contribution < -0.4 is 0 Å². The number of hydrogen-bond acceptors (Lipinski definition) is 1. The van der Waals surface area contributed by atoms with Gasteiger partial charge in [-0.2, -0.15) is 0 Å². The Bertz CT molecular complexity index is 476. The van der Waals surface area contributed by atoms with Crippen molar-refractivity contribution < 1.29 is 5.11 Å². The van der Waals surface area contributed by atoms with Crippen molar-refractivity contribution in [1.82, 2.24) is 0 Å². The quantitative estimate of drug-likeness (QED) is 0.0571. The highest BCUT2D eigenvalue weighted by molar-refractivity contribution is 6.77. The molecular formula is C39H82OSi. The van der Waals surface area contributed by atoms with E-state index in [0.29, 0.717) is 0 Å². The molecule has 0 aromatic carbocycles. The topological polar surface area (TPSA) is 20.2 Å². The van der Waals surface area contributed by atoms with Gasteiger partial charge in [-0.15, -0.1) is 0 Å². The van der Waals surface area contributed by atoms with E-state index in [9.17, 15) is 5.11 Å². The lowest BCUT2D eigenvalue weighted by Crippen LogP contribution is -2.30. The van der Waals surface area contributed by atoms with E-state index in [4.69, 9.17) is 0 Å². The summed E-state index contributed by atoms with van der Waals surface area (Å²) in [5.41, 5.74) is 0. The molecule has 2 heteroatoms. The Morgan fingerprint density at radius 1 is 0.366 bits per heavy atom. The van der Waals surface area contributed by atoms with Gasteiger partial charge in [-0.1, -0.05) is 232 Å². The lowest BCUT2D eigenvalue weighted by atomic mass is 10.0. The van der Waals surface area contributed by atoms with Crippen LogP contribution in [0, 0.1) is 0 Å². The zero-order chi connectivity index (χ0) is 30.1. The van der Waals surface area contributed by atoms with Gasteiger partial charge in [0.1, 0.15) is 0 Å². The SMILES string of the molecule is CCCCCCCCCCCCCCCCCC[Si](C)(C)CC(O)CCCCCCCCCCCCCCCCC. The standard InChI is InChI=1S/C39H82OSi/c1-5-7-9-11-13-15-17-19-21-23-25-27-29-31-33-35-37-41(3,4)38-39(40)36-34-32-30-28-26-24-22-20-18-16-14-12-10-8-6-2/h39-40H,5-38H2,1-4H3. The Kier molecular flexibility index (Phi) is 33.2. The third-order valence-electron chi connectivity index (χ3n) is 9.64. The molecule has 0 radical (unpaired) electrons. The monoisotopic (exact) mass is 595 g/mol. The van der Waals surface area contributed by atoms with E-state index in [1.165, 1.54) is 205 Å². The van der Waals surface area contributed by atoms with Gasteiger partial charge in [-0.3, -0.25) is 0 Å². The molecule has 1 N–H and O–H groups in total. The second-order valence-electron chi connectivity index (χ2n) is 14.8. The van der Waals surface area contributed by atoms with E-state index in [-0.39, 0.29) is 6.10 Å². The van der Waals surface area contributed by atoms with Crippen LogP contribution in [0.5, 0.6) is 0 Å². The van der Waals surface area contributed by atoms with Crippen molar-refractivity contribution in [1.29, 1.82) is 0 Å². The number of aliphatic hydroxyl groups is 1. The first-order chi connectivity index (χ1) is 20.0. The molecule has 41 heavy (non-hydrogen) atoms. The molecule has 0 fully saturated rings. The number of aliphatic hydroxyl groups excluding tert-OH is 1. The van der Waals surface area contributed by atoms with Crippen LogP contribution >= 0.6 is 0 Å². The van der Waals surface area contributed by atoms with E-state index in [1.54, 1.807) is 0 Å². The van der Waals surface area contributed by atoms with Crippen LogP contribution in [0.4, 0.5) is 0 Å². The van der Waals surface area contributed by atoms with Gasteiger partial charge in [0.15, 0.2) is 0 Å². The highest BCUT2D eigenvalue weighted by Gasteiger charge is 2.23. The molecule has 0 aromatic heterocycles. The van der Waals surface area contributed by atoms with Crippen molar-refractivity contribution in [2.75, 3.05) is 0 Å². The summed E-state index contributed by atoms with van der Waals surface area (Å²) in [6.45, 7) is 9.65. The first-order valence-electron chi connectivity index (χ1n) is 19.7. The summed E-state index contributed by atoms with van der Waals surface area (Å²) >= 11 is 0. The molecule has 0 aliphatic carbocycles. The van der Waals surface area contributed by atoms with E-state index < -0.39 is 8.07 Å². The highest BCUT2D eigenvalue weighted by atomic mass is 28.3. The third kappa shape index (κ3) is 34.5. The normalized spacial score (nSPS) is 12.8. The second kappa shape index (κ2) is 33.1. The van der Waals surface area contributed by atoms with Gasteiger partial charge < -0.3 is 5.11 Å². The molecular weight excluding hydrogens is 513 g/mol. The fourth-order valence-corrected chi connectivity index (χ4v) is 9.64. The Balaban J connectivity index is 3.39. The molecule has 1 nitrogen and oxygen atoms in total. The number of rotatable bonds is 35. The maximum Gasteiger partial charge on any atom is 0.0517 e. The number of unbranched alkanes of at least 4 members (excludes halogenated alkanes) is 29. The Labute approximate surface area is 263 Å². The molecule has 0 aromatic rings. The van der Waals surface area contributed by atoms with E-state index in [0.717, 1.165) is 12.5 Å². The van der Waals surface area contributed by atoms with Gasteiger partial charge in [-0.05, 0) is 12.5 Å². The molecule has 0 aliphatic heterocycles. The van der Waals surface area contributed by atoms with Crippen LogP contribution in [-0.4, -0.2) is 19.3 Å². The van der Waals surface area contributed by atoms with E-state index >= 15 is 0 Å². The first kappa shape index (κ1) is 41.2. The Morgan fingerprint density at radius 2 is 0.610 bits per heavy atom. The van der Waals surface area contributed by atoms with Crippen molar-refractivity contribution in [3.8, 4) is 0 Å². The fourth-order valence-electron chi connectivity index (χ4n) is 6.74. The predicted octanol–water partition coefficient (Wildman–Crippen LogP) is 14.6. The van der Waals surface area contributed by atoms with Gasteiger partial charge in [-0.25, -0.2) is 0 Å². The van der Waals surface area contributed by atoms with E-state index in [1.807, 2.05) is 0 Å². The molecule has 0 spiro atoms. The maximum atomic E-state index is 10.7. The van der Waals surface area contributed by atoms with Gasteiger partial charge >= 0.3 is 0 Å². The first-order valence-corrected chi connectivity index (χ1v) is 23.1. The molecule has 0 saturated carbocycles. The predicted molar refractivity (Wildman–Crippen MR) is 192 cm³/mol. The van der Waals surface area contributed by atoms with Gasteiger partial charge in [0.25, 0.3) is 0 Å². The van der Waals surface area contributed by atoms with Crippen molar-refractivity contribution in [2.24, 2.45) is 0 Å². The summed E-state index contributed by atoms with van der Waals surface area (Å²) in [5.74, 6) is 0. The van der Waals surface area contributed by atoms with E-state index in [2.05, 4.69) is 26.9 Å². The summed E-state index contributed by atoms with van der Waals surface area (Å²) in [4.78, 5) is 0. The zero-order valence-corrected chi connectivity index (χ0v) is 30.6. The Morgan fingerprint density at radius 3 is 0.902 bits per heavy atom. The van der Waals surface area contributed by atoms with Crippen molar-refractivity contribution in [3.05, 3.63) is 0 Å². The summed E-state index contributed by atoms with van der Waals surface area (Å²) in [6, 6.07) is 2.55. The molecule has 0 saturated heterocycles. The summed E-state index contributed by atoms with van der Waals surface area (Å²) < 4.78 is 0. The van der Waals surface area contributed by atoms with Crippen LogP contribution in [0.25, 0.3) is 0 Å². The summed E-state index contributed by atoms with van der Waals surface area (Å²) in [7, 11) is -1.23. The van der Waals surface area contributed by atoms with Gasteiger partial charge in [0.05, 0.1) is 6.10 Å². The smallest absolute Gasteiger partial charge is 0.0517 e. The van der Waals surface area contributed by atoms with Crippen molar-refractivity contribution in [3.63, 3.8) is 0 Å². The minimum Gasteiger partial charge on any atom is -0.393 e. The van der Waals surface area contributed by atoms with Gasteiger partial charge in [0, 0.05) is 8.07 Å². The molecule has 0 rings (SSSR count). The molecule has 0 aliphatic rings. The maximum absolute atomic E-state index is 10.7. The minimum atomic E-state index is -1.23. The number of hydrogen-bond donors (Lipinski definition) is 1. The van der Waals surface area contributed by atoms with Crippen molar-refractivity contribution >= 4 is 8.07 Å². The van der Waals surface area contributed by atoms with Crippen LogP contribution in [0.1, 0.15) is 219 Å². The average molecular weight is 595 g/mol. The minimum absolute atomic E-state index is 0.0281. The van der Waals surface area contributed by atoms with Gasteiger partial charge in [0.2, 0.25) is 0 Å². The van der Waals surface area contributed by atoms with Crippen LogP contribution in [0.3, 0.4) is 0 Å². The lowest BCUT2D eigenvalue weighted by Gasteiger charge is -2.25. The largest absolute Gasteiger partial charge is 0.393 e. The van der Waals surface area contributed by atoms with Crippen LogP contribution in [0.2, 0.25) is 25.2 Å². The summed E-state index contributed by atoms with van der Waals surface area (Å²) in [6.07, 6.45) is 45.4. The Hall–Kier alpha value is 0.177. The average Bonchev–Trinajstić information content (AvgIpc) is 2.94. The molecule has 0 bridgehead atoms. The molecule has 248 valence electrons. The molecule has 0 heterocycles. The fraction of sp³-hybridized carbons (Fsp3) is 1.00. The molecule has 0 amide bonds. The molecule has 1 unspecified atom stereocenters. The molecule has 1 atom stereocenters. The lowest BCUT2D eigenvalue weighted by molar-refractivity contribution is 0.178. The third-order valence-corrected chi connectivity index (χ3v) is 12.9. The second-order valence-corrected chi connectivity index (χ2v) is 20.1. The van der Waals surface area contributed by atoms with Crippen molar-refractivity contribution in [2.45, 2.75) is 251 Å². The van der Waals surface area contributed by atoms with Crippen LogP contribution in [-0.2, 0) is 0 Å². The summed E-state index contributed by atoms with van der Waals surface area (Å²) in [5, 5.41) is 10.7. The van der Waals surface area contributed by atoms with Crippen LogP contribution in [0.15, 0.2) is 0 Å². The highest BCUT2D eigenvalue weighted by Crippen LogP contribution is 2.24.